The number of aromatic nitrogens is 2. The molecule has 0 bridgehead atoms. The molecule has 0 amide bonds. The highest BCUT2D eigenvalue weighted by Crippen LogP contribution is 2.24. The van der Waals surface area contributed by atoms with Crippen LogP contribution in [-0.4, -0.2) is 19.8 Å². The number of hydrogen-bond donors (Lipinski definition) is 1. The van der Waals surface area contributed by atoms with Crippen LogP contribution in [0.2, 0.25) is 0 Å². The van der Waals surface area contributed by atoms with Crippen LogP contribution < -0.4 is 5.56 Å². The van der Waals surface area contributed by atoms with Gasteiger partial charge in [-0.25, -0.2) is 4.98 Å². The smallest absolute Gasteiger partial charge is 0.288 e. The highest BCUT2D eigenvalue weighted by atomic mass is 79.9. The quantitative estimate of drug-likeness (QED) is 0.381. The molecular weight excluding hydrogens is 496 g/mol. The number of H-pyrrole nitrogens is 1. The molecule has 22 heavy (non-hydrogen) atoms. The van der Waals surface area contributed by atoms with E-state index in [0.717, 1.165) is 12.3 Å². The normalized spacial score (nSPS) is 9.59. The number of nitro groups is 2. The van der Waals surface area contributed by atoms with Crippen molar-refractivity contribution in [3.8, 4) is 0 Å². The molecule has 2 rings (SSSR count). The van der Waals surface area contributed by atoms with Crippen molar-refractivity contribution in [1.82, 2.24) is 9.97 Å². The fraction of sp³-hybridized carbons (Fsp3) is 0. The third-order valence-electron chi connectivity index (χ3n) is 2.05. The van der Waals surface area contributed by atoms with Gasteiger partial charge in [0.2, 0.25) is 0 Å². The van der Waals surface area contributed by atoms with Gasteiger partial charge in [0, 0.05) is 12.1 Å². The van der Waals surface area contributed by atoms with E-state index in [1.807, 2.05) is 0 Å². The molecule has 1 N–H and O–H groups in total. The lowest BCUT2D eigenvalue weighted by Crippen LogP contribution is -2.05. The van der Waals surface area contributed by atoms with Crippen molar-refractivity contribution in [3.63, 3.8) is 0 Å². The maximum atomic E-state index is 10.7. The topological polar surface area (TPSA) is 132 Å². The highest BCUT2D eigenvalue weighted by molar-refractivity contribution is 9.13. The van der Waals surface area contributed by atoms with E-state index < -0.39 is 9.85 Å². The molecule has 0 aliphatic carbocycles. The Labute approximate surface area is 147 Å². The number of nitrogens with one attached hydrogen (secondary N) is 1. The van der Waals surface area contributed by atoms with E-state index >= 15 is 0 Å². The predicted molar refractivity (Wildman–Crippen MR) is 87.7 cm³/mol. The minimum Gasteiger partial charge on any atom is -0.322 e. The molecule has 12 heteroatoms. The summed E-state index contributed by atoms with van der Waals surface area (Å²) in [5, 5.41) is 20.3. The Morgan fingerprint density at radius 1 is 1.00 bits per heavy atom. The van der Waals surface area contributed by atoms with Crippen molar-refractivity contribution in [2.24, 2.45) is 0 Å². The predicted octanol–water partition coefficient (Wildman–Crippen LogP) is 3.56. The van der Waals surface area contributed by atoms with Gasteiger partial charge in [0.05, 0.1) is 25.0 Å². The van der Waals surface area contributed by atoms with Gasteiger partial charge in [0.1, 0.15) is 10.8 Å². The van der Waals surface area contributed by atoms with Crippen LogP contribution in [0.1, 0.15) is 0 Å². The van der Waals surface area contributed by atoms with E-state index in [4.69, 9.17) is 0 Å². The Hall–Kier alpha value is -1.66. The second kappa shape index (κ2) is 8.10. The van der Waals surface area contributed by atoms with Crippen LogP contribution in [0.25, 0.3) is 0 Å². The third kappa shape index (κ3) is 5.27. The van der Waals surface area contributed by atoms with Crippen molar-refractivity contribution < 1.29 is 9.85 Å². The van der Waals surface area contributed by atoms with Crippen LogP contribution in [-0.2, 0) is 0 Å². The van der Waals surface area contributed by atoms with E-state index in [1.165, 1.54) is 12.3 Å². The molecule has 0 unspecified atom stereocenters. The fourth-order valence-electron chi connectivity index (χ4n) is 1.06. The van der Waals surface area contributed by atoms with E-state index in [1.54, 1.807) is 0 Å². The van der Waals surface area contributed by atoms with Crippen LogP contribution in [0, 0.1) is 20.2 Å². The molecule has 9 nitrogen and oxygen atoms in total. The van der Waals surface area contributed by atoms with E-state index in [0.29, 0.717) is 9.08 Å². The molecule has 2 aromatic heterocycles. The number of halogens is 3. The lowest BCUT2D eigenvalue weighted by molar-refractivity contribution is -0.385. The van der Waals surface area contributed by atoms with Crippen LogP contribution in [0.15, 0.2) is 42.9 Å². The van der Waals surface area contributed by atoms with Crippen molar-refractivity contribution in [1.29, 1.82) is 0 Å². The average molecular weight is 501 g/mol. The molecule has 0 aliphatic rings. The average Bonchev–Trinajstić information content (AvgIpc) is 2.45. The largest absolute Gasteiger partial charge is 0.322 e. The zero-order chi connectivity index (χ0) is 16.9. The lowest BCUT2D eigenvalue weighted by atomic mass is 10.4. The van der Waals surface area contributed by atoms with Crippen molar-refractivity contribution in [3.05, 3.63) is 68.7 Å². The zero-order valence-corrected chi connectivity index (χ0v) is 15.1. The minimum atomic E-state index is -0.583. The number of aromatic amines is 1. The SMILES string of the molecule is O=[N+]([O-])c1cnc(Br)c(Br)c1.O=c1[nH]cc([N+](=O)[O-])cc1Br. The summed E-state index contributed by atoms with van der Waals surface area (Å²) in [6.07, 6.45) is 2.24. The van der Waals surface area contributed by atoms with Gasteiger partial charge in [0.25, 0.3) is 16.9 Å². The molecule has 0 atom stereocenters. The summed E-state index contributed by atoms with van der Waals surface area (Å²) < 4.78 is 1.29. The Morgan fingerprint density at radius 2 is 1.55 bits per heavy atom. The Morgan fingerprint density at radius 3 is 2.00 bits per heavy atom. The number of pyridine rings is 2. The monoisotopic (exact) mass is 498 g/mol. The molecule has 0 fully saturated rings. The number of hydrogen-bond acceptors (Lipinski definition) is 6. The molecule has 0 spiro atoms. The lowest BCUT2D eigenvalue weighted by Gasteiger charge is -1.93. The molecule has 0 aromatic carbocycles. The first-order chi connectivity index (χ1) is 10.2. The summed E-state index contributed by atoms with van der Waals surface area (Å²) >= 11 is 9.06. The molecule has 2 aromatic rings. The third-order valence-corrected chi connectivity index (χ3v) is 4.40. The molecular formula is C10H5Br3N4O5. The fourth-order valence-corrected chi connectivity index (χ4v) is 1.96. The highest BCUT2D eigenvalue weighted by Gasteiger charge is 2.08. The Bertz CT molecular complexity index is 779. The van der Waals surface area contributed by atoms with E-state index in [-0.39, 0.29) is 21.4 Å². The summed E-state index contributed by atoms with van der Waals surface area (Å²) in [7, 11) is 0. The molecule has 116 valence electrons. The first kappa shape index (κ1) is 18.4. The summed E-state index contributed by atoms with van der Waals surface area (Å²) in [6, 6.07) is 2.54. The van der Waals surface area contributed by atoms with Crippen LogP contribution in [0.3, 0.4) is 0 Å². The number of rotatable bonds is 2. The van der Waals surface area contributed by atoms with Gasteiger partial charge in [-0.2, -0.15) is 0 Å². The second-order valence-electron chi connectivity index (χ2n) is 3.52. The number of nitrogens with zero attached hydrogens (tertiary/aromatic N) is 3. The summed E-state index contributed by atoms with van der Waals surface area (Å²) in [5.41, 5.74) is -0.549. The summed E-state index contributed by atoms with van der Waals surface area (Å²) in [6.45, 7) is 0. The molecule has 0 saturated carbocycles. The van der Waals surface area contributed by atoms with Gasteiger partial charge < -0.3 is 4.98 Å². The van der Waals surface area contributed by atoms with Crippen LogP contribution in [0.5, 0.6) is 0 Å². The van der Waals surface area contributed by atoms with Crippen molar-refractivity contribution in [2.45, 2.75) is 0 Å². The standard InChI is InChI=1S/C5H2Br2N2O2.C5H3BrN2O3/c6-4-1-3(9(10)11)2-8-5(4)7;6-4-1-3(8(10)11)2-7-5(4)9/h1-2H;1-2H,(H,7,9). The minimum absolute atomic E-state index is 0.0277. The maximum absolute atomic E-state index is 10.7. The first-order valence-corrected chi connectivity index (χ1v) is 7.58. The van der Waals surface area contributed by atoms with Crippen LogP contribution in [0.4, 0.5) is 11.4 Å². The van der Waals surface area contributed by atoms with Gasteiger partial charge in [-0.1, -0.05) is 0 Å². The van der Waals surface area contributed by atoms with Crippen LogP contribution >= 0.6 is 47.8 Å². The molecule has 0 aliphatic heterocycles. The molecule has 2 heterocycles. The van der Waals surface area contributed by atoms with Gasteiger partial charge in [0.15, 0.2) is 0 Å². The van der Waals surface area contributed by atoms with Crippen molar-refractivity contribution in [2.75, 3.05) is 0 Å². The molecule has 0 saturated heterocycles. The van der Waals surface area contributed by atoms with E-state index in [9.17, 15) is 25.0 Å². The Balaban J connectivity index is 0.000000220. The van der Waals surface area contributed by atoms with Gasteiger partial charge in [-0.05, 0) is 47.8 Å². The van der Waals surface area contributed by atoms with Gasteiger partial charge in [-0.3, -0.25) is 25.0 Å². The van der Waals surface area contributed by atoms with E-state index in [2.05, 4.69) is 57.8 Å². The van der Waals surface area contributed by atoms with Crippen molar-refractivity contribution >= 4 is 59.2 Å². The summed E-state index contributed by atoms with van der Waals surface area (Å²) in [4.78, 5) is 35.8. The zero-order valence-electron chi connectivity index (χ0n) is 10.3. The van der Waals surface area contributed by atoms with Gasteiger partial charge in [-0.15, -0.1) is 0 Å². The van der Waals surface area contributed by atoms with Gasteiger partial charge >= 0.3 is 0 Å². The maximum Gasteiger partial charge on any atom is 0.288 e. The Kier molecular flexibility index (Phi) is 6.77. The second-order valence-corrected chi connectivity index (χ2v) is 5.98. The first-order valence-electron chi connectivity index (χ1n) is 5.20. The summed E-state index contributed by atoms with van der Waals surface area (Å²) in [5.74, 6) is 0. The molecule has 0 radical (unpaired) electrons.